The van der Waals surface area contributed by atoms with Gasteiger partial charge in [-0.15, -0.1) is 24.7 Å². The predicted molar refractivity (Wildman–Crippen MR) is 63.3 cm³/mol. The van der Waals surface area contributed by atoms with Crippen LogP contribution in [0.15, 0.2) is 24.3 Å². The van der Waals surface area contributed by atoms with Gasteiger partial charge in [0.25, 0.3) is 0 Å². The monoisotopic (exact) mass is 214 g/mol. The molecule has 16 heavy (non-hydrogen) atoms. The van der Waals surface area contributed by atoms with E-state index in [-0.39, 0.29) is 12.8 Å². The summed E-state index contributed by atoms with van der Waals surface area (Å²) in [7, 11) is 0. The second kappa shape index (κ2) is 5.98. The predicted octanol–water partition coefficient (Wildman–Crippen LogP) is 1.80. The lowest BCUT2D eigenvalue weighted by Crippen LogP contribution is -2.05. The van der Waals surface area contributed by atoms with Crippen molar-refractivity contribution in [3.63, 3.8) is 0 Å². The first-order valence-corrected chi connectivity index (χ1v) is 5.02. The molecule has 0 saturated carbocycles. The van der Waals surface area contributed by atoms with Gasteiger partial charge in [-0.3, -0.25) is 0 Å². The van der Waals surface area contributed by atoms with E-state index in [1.807, 2.05) is 0 Å². The van der Waals surface area contributed by atoms with E-state index in [9.17, 15) is 10.2 Å². The molecule has 0 bridgehead atoms. The van der Waals surface area contributed by atoms with Crippen LogP contribution in [0.3, 0.4) is 0 Å². The average Bonchev–Trinajstić information content (AvgIpc) is 2.30. The van der Waals surface area contributed by atoms with E-state index >= 15 is 0 Å². The van der Waals surface area contributed by atoms with Crippen LogP contribution in [-0.2, 0) is 0 Å². The summed E-state index contributed by atoms with van der Waals surface area (Å²) < 4.78 is 0. The normalized spacial score (nSPS) is 13.5. The summed E-state index contributed by atoms with van der Waals surface area (Å²) in [5, 5.41) is 19.6. The highest BCUT2D eigenvalue weighted by molar-refractivity contribution is 5.32. The lowest BCUT2D eigenvalue weighted by molar-refractivity contribution is 0.160. The molecule has 0 aliphatic heterocycles. The molecule has 2 heteroatoms. The van der Waals surface area contributed by atoms with Gasteiger partial charge < -0.3 is 10.2 Å². The molecule has 0 unspecified atom stereocenters. The van der Waals surface area contributed by atoms with Gasteiger partial charge >= 0.3 is 0 Å². The fourth-order valence-electron chi connectivity index (χ4n) is 1.56. The second-order valence-electron chi connectivity index (χ2n) is 3.48. The molecule has 0 heterocycles. The SMILES string of the molecule is C#CC[C@@H](O)c1ccccc1[C@H](O)CC#C. The van der Waals surface area contributed by atoms with Crippen molar-refractivity contribution in [1.82, 2.24) is 0 Å². The number of hydrogen-bond acceptors (Lipinski definition) is 2. The highest BCUT2D eigenvalue weighted by atomic mass is 16.3. The summed E-state index contributed by atoms with van der Waals surface area (Å²) in [6.07, 6.45) is 9.23. The Morgan fingerprint density at radius 3 is 1.62 bits per heavy atom. The molecule has 0 aromatic heterocycles. The molecule has 2 atom stereocenters. The summed E-state index contributed by atoms with van der Waals surface area (Å²) in [5.74, 6) is 4.78. The van der Waals surface area contributed by atoms with Gasteiger partial charge in [-0.1, -0.05) is 24.3 Å². The zero-order valence-corrected chi connectivity index (χ0v) is 8.93. The lowest BCUT2D eigenvalue weighted by atomic mass is 9.95. The molecular weight excluding hydrogens is 200 g/mol. The van der Waals surface area contributed by atoms with Gasteiger partial charge in [0.2, 0.25) is 0 Å². The van der Waals surface area contributed by atoms with E-state index < -0.39 is 12.2 Å². The van der Waals surface area contributed by atoms with Gasteiger partial charge in [0.1, 0.15) is 0 Å². The molecule has 0 aliphatic rings. The summed E-state index contributed by atoms with van der Waals surface area (Å²) in [6, 6.07) is 7.08. The molecule has 1 rings (SSSR count). The maximum atomic E-state index is 9.81. The van der Waals surface area contributed by atoms with E-state index in [1.54, 1.807) is 24.3 Å². The van der Waals surface area contributed by atoms with Gasteiger partial charge in [0.15, 0.2) is 0 Å². The molecule has 0 fully saturated rings. The van der Waals surface area contributed by atoms with Crippen LogP contribution in [0.5, 0.6) is 0 Å². The van der Waals surface area contributed by atoms with Gasteiger partial charge in [-0.05, 0) is 11.1 Å². The maximum Gasteiger partial charge on any atom is 0.0902 e. The summed E-state index contributed by atoms with van der Waals surface area (Å²) in [5.41, 5.74) is 1.28. The first-order valence-electron chi connectivity index (χ1n) is 5.02. The quantitative estimate of drug-likeness (QED) is 0.750. The molecule has 1 aromatic rings. The number of aliphatic hydroxyl groups is 2. The Labute approximate surface area is 95.9 Å². The Morgan fingerprint density at radius 1 is 0.938 bits per heavy atom. The van der Waals surface area contributed by atoms with Crippen molar-refractivity contribution >= 4 is 0 Å². The third kappa shape index (κ3) is 2.87. The molecule has 82 valence electrons. The van der Waals surface area contributed by atoms with E-state index in [0.717, 1.165) is 0 Å². The molecule has 2 N–H and O–H groups in total. The van der Waals surface area contributed by atoms with Crippen LogP contribution in [0, 0.1) is 24.7 Å². The molecular formula is C14H14O2. The van der Waals surface area contributed by atoms with Crippen LogP contribution in [0.25, 0.3) is 0 Å². The minimum absolute atomic E-state index is 0.222. The lowest BCUT2D eigenvalue weighted by Gasteiger charge is -2.16. The number of aliphatic hydroxyl groups excluding tert-OH is 2. The van der Waals surface area contributed by atoms with Gasteiger partial charge in [0, 0.05) is 12.8 Å². The van der Waals surface area contributed by atoms with Crippen LogP contribution in [0.1, 0.15) is 36.2 Å². The summed E-state index contributed by atoms with van der Waals surface area (Å²) in [6.45, 7) is 0. The average molecular weight is 214 g/mol. The third-order valence-corrected chi connectivity index (χ3v) is 2.34. The zero-order chi connectivity index (χ0) is 12.0. The van der Waals surface area contributed by atoms with E-state index in [1.165, 1.54) is 0 Å². The van der Waals surface area contributed by atoms with Crippen molar-refractivity contribution in [3.05, 3.63) is 35.4 Å². The Bertz CT molecular complexity index is 382. The van der Waals surface area contributed by atoms with Gasteiger partial charge in [-0.25, -0.2) is 0 Å². The van der Waals surface area contributed by atoms with Crippen molar-refractivity contribution in [2.45, 2.75) is 25.0 Å². The van der Waals surface area contributed by atoms with Crippen molar-refractivity contribution < 1.29 is 10.2 Å². The Morgan fingerprint density at radius 2 is 1.31 bits per heavy atom. The van der Waals surface area contributed by atoms with Gasteiger partial charge in [-0.2, -0.15) is 0 Å². The first kappa shape index (κ1) is 12.3. The van der Waals surface area contributed by atoms with Crippen LogP contribution in [-0.4, -0.2) is 10.2 Å². The third-order valence-electron chi connectivity index (χ3n) is 2.34. The number of rotatable bonds is 4. The molecule has 0 spiro atoms. The van der Waals surface area contributed by atoms with Crippen LogP contribution < -0.4 is 0 Å². The second-order valence-corrected chi connectivity index (χ2v) is 3.48. The number of terminal acetylenes is 2. The van der Waals surface area contributed by atoms with Crippen LogP contribution in [0.2, 0.25) is 0 Å². The largest absolute Gasteiger partial charge is 0.387 e. The van der Waals surface area contributed by atoms with E-state index in [4.69, 9.17) is 12.8 Å². The molecule has 1 aromatic carbocycles. The summed E-state index contributed by atoms with van der Waals surface area (Å²) >= 11 is 0. The standard InChI is InChI=1S/C14H14O2/c1-3-7-13(15)11-9-5-6-10-12(11)14(16)8-4-2/h1-2,5-6,9-10,13-16H,7-8H2/t13-,14-/m1/s1. The number of hydrogen-bond donors (Lipinski definition) is 2. The molecule has 0 saturated heterocycles. The Hall–Kier alpha value is -1.74. The van der Waals surface area contributed by atoms with Crippen molar-refractivity contribution in [2.24, 2.45) is 0 Å². The molecule has 0 amide bonds. The van der Waals surface area contributed by atoms with Crippen molar-refractivity contribution in [1.29, 1.82) is 0 Å². The van der Waals surface area contributed by atoms with E-state index in [0.29, 0.717) is 11.1 Å². The van der Waals surface area contributed by atoms with Crippen LogP contribution >= 0.6 is 0 Å². The summed E-state index contributed by atoms with van der Waals surface area (Å²) in [4.78, 5) is 0. The van der Waals surface area contributed by atoms with Crippen molar-refractivity contribution in [2.75, 3.05) is 0 Å². The fraction of sp³-hybridized carbons (Fsp3) is 0.286. The minimum Gasteiger partial charge on any atom is -0.387 e. The molecule has 0 radical (unpaired) electrons. The van der Waals surface area contributed by atoms with E-state index in [2.05, 4.69) is 11.8 Å². The maximum absolute atomic E-state index is 9.81. The Balaban J connectivity index is 3.01. The highest BCUT2D eigenvalue weighted by Gasteiger charge is 2.15. The topological polar surface area (TPSA) is 40.5 Å². The van der Waals surface area contributed by atoms with Crippen LogP contribution in [0.4, 0.5) is 0 Å². The zero-order valence-electron chi connectivity index (χ0n) is 8.93. The van der Waals surface area contributed by atoms with Crippen molar-refractivity contribution in [3.8, 4) is 24.7 Å². The molecule has 2 nitrogen and oxygen atoms in total. The highest BCUT2D eigenvalue weighted by Crippen LogP contribution is 2.27. The van der Waals surface area contributed by atoms with Gasteiger partial charge in [0.05, 0.1) is 12.2 Å². The first-order chi connectivity index (χ1) is 7.70. The smallest absolute Gasteiger partial charge is 0.0902 e. The number of benzene rings is 1. The minimum atomic E-state index is -0.756. The Kier molecular flexibility index (Phi) is 4.61. The fourth-order valence-corrected chi connectivity index (χ4v) is 1.56. The molecule has 0 aliphatic carbocycles.